The fourth-order valence-corrected chi connectivity index (χ4v) is 3.54. The van der Waals surface area contributed by atoms with Crippen molar-refractivity contribution in [3.8, 4) is 0 Å². The van der Waals surface area contributed by atoms with Crippen LogP contribution in [0.15, 0.2) is 29.3 Å². The van der Waals surface area contributed by atoms with Gasteiger partial charge in [-0.3, -0.25) is 9.79 Å². The molecule has 142 valence electrons. The van der Waals surface area contributed by atoms with E-state index in [-0.39, 0.29) is 5.91 Å². The lowest BCUT2D eigenvalue weighted by molar-refractivity contribution is -0.135. The average Bonchev–Trinajstić information content (AvgIpc) is 3.16. The van der Waals surface area contributed by atoms with Crippen molar-refractivity contribution in [1.29, 1.82) is 0 Å². The van der Waals surface area contributed by atoms with Crippen LogP contribution in [-0.4, -0.2) is 67.6 Å². The van der Waals surface area contributed by atoms with Gasteiger partial charge in [-0.25, -0.2) is 0 Å². The Hall–Kier alpha value is -1.79. The number of aliphatic imine (C=N–C) groups is 1. The van der Waals surface area contributed by atoms with Crippen molar-refractivity contribution >= 4 is 23.5 Å². The topological polar surface area (TPSA) is 57.2 Å². The first-order valence-electron chi connectivity index (χ1n) is 9.25. The number of nitrogens with one attached hydrogen (secondary N) is 1. The van der Waals surface area contributed by atoms with Gasteiger partial charge in [0.05, 0.1) is 12.6 Å². The number of guanidine groups is 1. The SMILES string of the molecule is CN=C(NCCC1CCCO1)N1CCN(Cc2ccc(Cl)cc2)C(=O)C1. The minimum atomic E-state index is 0.119. The van der Waals surface area contributed by atoms with Crippen LogP contribution in [0.5, 0.6) is 0 Å². The average molecular weight is 379 g/mol. The van der Waals surface area contributed by atoms with Crippen LogP contribution in [0.1, 0.15) is 24.8 Å². The molecule has 1 amide bonds. The van der Waals surface area contributed by atoms with Gasteiger partial charge in [-0.1, -0.05) is 23.7 Å². The maximum Gasteiger partial charge on any atom is 0.242 e. The van der Waals surface area contributed by atoms with Gasteiger partial charge in [0.15, 0.2) is 5.96 Å². The van der Waals surface area contributed by atoms with Gasteiger partial charge in [-0.05, 0) is 37.0 Å². The molecular weight excluding hydrogens is 352 g/mol. The van der Waals surface area contributed by atoms with Crippen LogP contribution in [0.25, 0.3) is 0 Å². The van der Waals surface area contributed by atoms with E-state index < -0.39 is 0 Å². The molecule has 0 aliphatic carbocycles. The molecule has 2 aliphatic rings. The van der Waals surface area contributed by atoms with Gasteiger partial charge in [0.1, 0.15) is 0 Å². The number of nitrogens with zero attached hydrogens (tertiary/aromatic N) is 3. The Kier molecular flexibility index (Phi) is 6.74. The predicted molar refractivity (Wildman–Crippen MR) is 103 cm³/mol. The lowest BCUT2D eigenvalue weighted by atomic mass is 10.2. The number of ether oxygens (including phenoxy) is 1. The number of hydrogen-bond acceptors (Lipinski definition) is 3. The molecule has 1 aromatic rings. The van der Waals surface area contributed by atoms with Crippen molar-refractivity contribution in [1.82, 2.24) is 15.1 Å². The third kappa shape index (κ3) is 5.11. The zero-order valence-corrected chi connectivity index (χ0v) is 16.0. The minimum absolute atomic E-state index is 0.119. The monoisotopic (exact) mass is 378 g/mol. The van der Waals surface area contributed by atoms with Gasteiger partial charge in [0, 0.05) is 44.9 Å². The first-order chi connectivity index (χ1) is 12.7. The molecule has 2 heterocycles. The van der Waals surface area contributed by atoms with Crippen LogP contribution in [0.3, 0.4) is 0 Å². The van der Waals surface area contributed by atoms with E-state index in [1.54, 1.807) is 7.05 Å². The first-order valence-corrected chi connectivity index (χ1v) is 9.63. The summed E-state index contributed by atoms with van der Waals surface area (Å²) in [6.45, 7) is 4.13. The molecular formula is C19H27ClN4O2. The molecule has 1 unspecified atom stereocenters. The summed E-state index contributed by atoms with van der Waals surface area (Å²) >= 11 is 5.92. The largest absolute Gasteiger partial charge is 0.378 e. The summed E-state index contributed by atoms with van der Waals surface area (Å²) in [6.07, 6.45) is 3.63. The zero-order valence-electron chi connectivity index (χ0n) is 15.3. The number of halogens is 1. The molecule has 0 aromatic heterocycles. The quantitative estimate of drug-likeness (QED) is 0.630. The lowest BCUT2D eigenvalue weighted by Gasteiger charge is -2.36. The van der Waals surface area contributed by atoms with Crippen LogP contribution in [0.4, 0.5) is 0 Å². The number of benzene rings is 1. The third-order valence-electron chi connectivity index (χ3n) is 4.89. The van der Waals surface area contributed by atoms with E-state index in [0.29, 0.717) is 30.8 Å². The van der Waals surface area contributed by atoms with Crippen LogP contribution < -0.4 is 5.32 Å². The Balaban J connectivity index is 1.46. The van der Waals surface area contributed by atoms with Gasteiger partial charge >= 0.3 is 0 Å². The summed E-state index contributed by atoms with van der Waals surface area (Å²) in [5.74, 6) is 0.913. The summed E-state index contributed by atoms with van der Waals surface area (Å²) in [4.78, 5) is 20.8. The van der Waals surface area contributed by atoms with Crippen molar-refractivity contribution in [3.05, 3.63) is 34.9 Å². The van der Waals surface area contributed by atoms with E-state index in [1.807, 2.05) is 34.1 Å². The molecule has 2 fully saturated rings. The highest BCUT2D eigenvalue weighted by atomic mass is 35.5. The second kappa shape index (κ2) is 9.24. The van der Waals surface area contributed by atoms with E-state index in [4.69, 9.17) is 16.3 Å². The normalized spacial score (nSPS) is 21.4. The lowest BCUT2D eigenvalue weighted by Crippen LogP contribution is -2.55. The summed E-state index contributed by atoms with van der Waals surface area (Å²) in [7, 11) is 1.76. The number of carbonyl (C=O) groups excluding carboxylic acids is 1. The molecule has 2 saturated heterocycles. The Morgan fingerprint density at radius 1 is 1.35 bits per heavy atom. The number of piperazine rings is 1. The summed E-state index contributed by atoms with van der Waals surface area (Å²) in [5.41, 5.74) is 1.09. The van der Waals surface area contributed by atoms with Crippen molar-refractivity contribution in [2.75, 3.05) is 39.8 Å². The molecule has 2 aliphatic heterocycles. The van der Waals surface area contributed by atoms with Crippen molar-refractivity contribution in [3.63, 3.8) is 0 Å². The Morgan fingerprint density at radius 2 is 2.15 bits per heavy atom. The molecule has 0 spiro atoms. The van der Waals surface area contributed by atoms with Crippen molar-refractivity contribution in [2.24, 2.45) is 4.99 Å². The molecule has 3 rings (SSSR count). The van der Waals surface area contributed by atoms with E-state index in [2.05, 4.69) is 10.3 Å². The summed E-state index contributed by atoms with van der Waals surface area (Å²) < 4.78 is 5.65. The molecule has 0 saturated carbocycles. The highest BCUT2D eigenvalue weighted by molar-refractivity contribution is 6.30. The van der Waals surface area contributed by atoms with Crippen LogP contribution >= 0.6 is 11.6 Å². The number of rotatable bonds is 5. The van der Waals surface area contributed by atoms with Gasteiger partial charge in [-0.15, -0.1) is 0 Å². The smallest absolute Gasteiger partial charge is 0.242 e. The Morgan fingerprint density at radius 3 is 2.81 bits per heavy atom. The second-order valence-electron chi connectivity index (χ2n) is 6.76. The standard InChI is InChI=1S/C19H27ClN4O2/c1-21-19(22-9-8-17-3-2-12-26-17)24-11-10-23(18(25)14-24)13-15-4-6-16(20)7-5-15/h4-7,17H,2-3,8-14H2,1H3,(H,21,22). The maximum absolute atomic E-state index is 12.5. The van der Waals surface area contributed by atoms with Crippen molar-refractivity contribution in [2.45, 2.75) is 31.9 Å². The summed E-state index contributed by atoms with van der Waals surface area (Å²) in [5, 5.41) is 4.08. The predicted octanol–water partition coefficient (Wildman–Crippen LogP) is 2.13. The number of hydrogen-bond donors (Lipinski definition) is 1. The zero-order chi connectivity index (χ0) is 18.4. The van der Waals surface area contributed by atoms with E-state index in [9.17, 15) is 4.79 Å². The maximum atomic E-state index is 12.5. The van der Waals surface area contributed by atoms with E-state index in [1.165, 1.54) is 0 Å². The molecule has 1 aromatic carbocycles. The first kappa shape index (κ1) is 19.0. The molecule has 0 bridgehead atoms. The second-order valence-corrected chi connectivity index (χ2v) is 7.20. The van der Waals surface area contributed by atoms with E-state index in [0.717, 1.165) is 50.5 Å². The molecule has 6 nitrogen and oxygen atoms in total. The minimum Gasteiger partial charge on any atom is -0.378 e. The molecule has 7 heteroatoms. The fourth-order valence-electron chi connectivity index (χ4n) is 3.42. The molecule has 1 N–H and O–H groups in total. The molecule has 26 heavy (non-hydrogen) atoms. The fraction of sp³-hybridized carbons (Fsp3) is 0.579. The third-order valence-corrected chi connectivity index (χ3v) is 5.14. The van der Waals surface area contributed by atoms with Crippen LogP contribution in [0.2, 0.25) is 5.02 Å². The Labute approximate surface area is 160 Å². The summed E-state index contributed by atoms with van der Waals surface area (Å²) in [6, 6.07) is 7.65. The Bertz CT molecular complexity index is 629. The van der Waals surface area contributed by atoms with Gasteiger partial charge < -0.3 is 19.9 Å². The van der Waals surface area contributed by atoms with E-state index >= 15 is 0 Å². The number of carbonyl (C=O) groups is 1. The highest BCUT2D eigenvalue weighted by Crippen LogP contribution is 2.15. The van der Waals surface area contributed by atoms with Crippen LogP contribution in [0, 0.1) is 0 Å². The van der Waals surface area contributed by atoms with Crippen molar-refractivity contribution < 1.29 is 9.53 Å². The van der Waals surface area contributed by atoms with Gasteiger partial charge in [-0.2, -0.15) is 0 Å². The van der Waals surface area contributed by atoms with Crippen LogP contribution in [-0.2, 0) is 16.1 Å². The number of amides is 1. The molecule has 1 atom stereocenters. The van der Waals surface area contributed by atoms with Gasteiger partial charge in [0.2, 0.25) is 5.91 Å². The molecule has 0 radical (unpaired) electrons. The highest BCUT2D eigenvalue weighted by Gasteiger charge is 2.26. The van der Waals surface area contributed by atoms with Gasteiger partial charge in [0.25, 0.3) is 0 Å².